The van der Waals surface area contributed by atoms with E-state index in [2.05, 4.69) is 15.5 Å². The largest absolute Gasteiger partial charge is 0.488 e. The molecule has 0 unspecified atom stereocenters. The highest BCUT2D eigenvalue weighted by Crippen LogP contribution is 2.29. The standard InChI is InChI=1S/C20H21N3O6S/c1-13(12-24)28-16-9-14(20(25)22-19-7-8-21-23-19)10-17(11-16)29-15-3-5-18(6-4-15)30(2,26)27/h3-11,13,24H,12H2,1-2H3,(H2,21,22,23,25)/t13-/m0/s1. The fourth-order valence-corrected chi connectivity index (χ4v) is 3.14. The van der Waals surface area contributed by atoms with Crippen molar-refractivity contribution in [3.8, 4) is 17.2 Å². The highest BCUT2D eigenvalue weighted by molar-refractivity contribution is 7.90. The quantitative estimate of drug-likeness (QED) is 0.500. The highest BCUT2D eigenvalue weighted by atomic mass is 32.2. The summed E-state index contributed by atoms with van der Waals surface area (Å²) in [4.78, 5) is 12.8. The molecule has 9 nitrogen and oxygen atoms in total. The molecule has 158 valence electrons. The Balaban J connectivity index is 1.88. The van der Waals surface area contributed by atoms with Crippen molar-refractivity contribution in [3.63, 3.8) is 0 Å². The summed E-state index contributed by atoms with van der Waals surface area (Å²) in [5, 5.41) is 18.4. The number of benzene rings is 2. The molecule has 10 heteroatoms. The smallest absolute Gasteiger partial charge is 0.257 e. The fraction of sp³-hybridized carbons (Fsp3) is 0.200. The molecule has 1 aromatic heterocycles. The zero-order chi connectivity index (χ0) is 21.7. The van der Waals surface area contributed by atoms with Crippen molar-refractivity contribution in [3.05, 3.63) is 60.3 Å². The van der Waals surface area contributed by atoms with Crippen molar-refractivity contribution in [2.45, 2.75) is 17.9 Å². The summed E-state index contributed by atoms with van der Waals surface area (Å²) < 4.78 is 34.6. The molecule has 0 radical (unpaired) electrons. The third kappa shape index (κ3) is 5.58. The van der Waals surface area contributed by atoms with E-state index in [1.54, 1.807) is 25.3 Å². The maximum atomic E-state index is 12.6. The summed E-state index contributed by atoms with van der Waals surface area (Å²) in [5.41, 5.74) is 0.253. The summed E-state index contributed by atoms with van der Waals surface area (Å²) in [6.45, 7) is 1.48. The number of nitrogens with one attached hydrogen (secondary N) is 2. The van der Waals surface area contributed by atoms with Crippen LogP contribution in [0.25, 0.3) is 0 Å². The molecule has 0 bridgehead atoms. The van der Waals surface area contributed by atoms with Crippen LogP contribution < -0.4 is 14.8 Å². The lowest BCUT2D eigenvalue weighted by Crippen LogP contribution is -2.17. The molecule has 0 spiro atoms. The van der Waals surface area contributed by atoms with Gasteiger partial charge in [-0.2, -0.15) is 5.10 Å². The molecule has 0 fully saturated rings. The highest BCUT2D eigenvalue weighted by Gasteiger charge is 2.14. The Kier molecular flexibility index (Phi) is 6.38. The number of nitrogens with zero attached hydrogens (tertiary/aromatic N) is 1. The Labute approximate surface area is 173 Å². The number of aliphatic hydroxyl groups is 1. The predicted octanol–water partition coefficient (Wildman–Crippen LogP) is 2.62. The molecule has 2 aromatic carbocycles. The van der Waals surface area contributed by atoms with E-state index < -0.39 is 21.8 Å². The van der Waals surface area contributed by atoms with E-state index in [0.717, 1.165) is 6.26 Å². The first-order chi connectivity index (χ1) is 14.2. The van der Waals surface area contributed by atoms with Crippen molar-refractivity contribution < 1.29 is 27.8 Å². The van der Waals surface area contributed by atoms with E-state index in [1.807, 2.05) is 0 Å². The minimum absolute atomic E-state index is 0.169. The average Bonchev–Trinajstić information content (AvgIpc) is 3.20. The summed E-state index contributed by atoms with van der Waals surface area (Å²) in [6.07, 6.45) is 2.21. The summed E-state index contributed by atoms with van der Waals surface area (Å²) in [5.74, 6) is 0.940. The average molecular weight is 431 g/mol. The normalized spacial score (nSPS) is 12.2. The van der Waals surface area contributed by atoms with E-state index >= 15 is 0 Å². The lowest BCUT2D eigenvalue weighted by molar-refractivity contribution is 0.102. The Hall–Kier alpha value is -3.37. The van der Waals surface area contributed by atoms with Gasteiger partial charge in [-0.3, -0.25) is 9.89 Å². The van der Waals surface area contributed by atoms with Crippen molar-refractivity contribution >= 4 is 21.6 Å². The van der Waals surface area contributed by atoms with Crippen LogP contribution in [-0.2, 0) is 9.84 Å². The van der Waals surface area contributed by atoms with E-state index in [-0.39, 0.29) is 17.1 Å². The molecule has 1 amide bonds. The summed E-state index contributed by atoms with van der Waals surface area (Å²) >= 11 is 0. The van der Waals surface area contributed by atoms with Crippen LogP contribution in [0.2, 0.25) is 0 Å². The van der Waals surface area contributed by atoms with Crippen LogP contribution in [0.4, 0.5) is 5.82 Å². The number of sulfone groups is 1. The van der Waals surface area contributed by atoms with Gasteiger partial charge in [0.15, 0.2) is 15.7 Å². The molecule has 0 aliphatic rings. The minimum Gasteiger partial charge on any atom is -0.488 e. The van der Waals surface area contributed by atoms with Crippen molar-refractivity contribution in [2.24, 2.45) is 0 Å². The van der Waals surface area contributed by atoms with Crippen LogP contribution in [-0.4, -0.2) is 48.6 Å². The molecule has 3 rings (SSSR count). The van der Waals surface area contributed by atoms with Crippen LogP contribution in [0.15, 0.2) is 59.6 Å². The van der Waals surface area contributed by atoms with Gasteiger partial charge in [-0.05, 0) is 43.3 Å². The number of ether oxygens (including phenoxy) is 2. The molecular weight excluding hydrogens is 410 g/mol. The first kappa shape index (κ1) is 21.3. The molecule has 3 aromatic rings. The van der Waals surface area contributed by atoms with Gasteiger partial charge >= 0.3 is 0 Å². The minimum atomic E-state index is -3.32. The maximum Gasteiger partial charge on any atom is 0.257 e. The van der Waals surface area contributed by atoms with Crippen LogP contribution in [0.1, 0.15) is 17.3 Å². The number of aromatic nitrogens is 2. The molecular formula is C20H21N3O6S. The molecule has 30 heavy (non-hydrogen) atoms. The van der Waals surface area contributed by atoms with E-state index in [9.17, 15) is 18.3 Å². The third-order valence-corrected chi connectivity index (χ3v) is 5.10. The third-order valence-electron chi connectivity index (χ3n) is 3.97. The van der Waals surface area contributed by atoms with Gasteiger partial charge < -0.3 is 19.9 Å². The predicted molar refractivity (Wildman–Crippen MR) is 110 cm³/mol. The molecule has 3 N–H and O–H groups in total. The fourth-order valence-electron chi connectivity index (χ4n) is 2.51. The zero-order valence-electron chi connectivity index (χ0n) is 16.3. The Morgan fingerprint density at radius 3 is 2.43 bits per heavy atom. The van der Waals surface area contributed by atoms with Gasteiger partial charge in [0.05, 0.1) is 11.5 Å². The van der Waals surface area contributed by atoms with E-state index in [0.29, 0.717) is 23.1 Å². The lowest BCUT2D eigenvalue weighted by Gasteiger charge is -2.15. The van der Waals surface area contributed by atoms with E-state index in [1.165, 1.54) is 36.4 Å². The number of rotatable bonds is 8. The molecule has 0 aliphatic carbocycles. The number of aromatic amines is 1. The lowest BCUT2D eigenvalue weighted by atomic mass is 10.2. The SMILES string of the molecule is C[C@@H](CO)Oc1cc(Oc2ccc(S(C)(=O)=O)cc2)cc(C(=O)Nc2cc[nH]n2)c1. The van der Waals surface area contributed by atoms with Gasteiger partial charge in [0.2, 0.25) is 0 Å². The molecule has 0 aliphatic heterocycles. The van der Waals surface area contributed by atoms with Gasteiger partial charge in [-0.25, -0.2) is 8.42 Å². The zero-order valence-corrected chi connectivity index (χ0v) is 17.1. The Morgan fingerprint density at radius 2 is 1.83 bits per heavy atom. The number of hydrogen-bond acceptors (Lipinski definition) is 7. The molecule has 0 saturated heterocycles. The Bertz CT molecular complexity index is 1110. The van der Waals surface area contributed by atoms with Gasteiger partial charge in [0, 0.05) is 30.1 Å². The number of hydrogen-bond donors (Lipinski definition) is 3. The number of anilines is 1. The van der Waals surface area contributed by atoms with Crippen LogP contribution in [0.3, 0.4) is 0 Å². The molecule has 0 saturated carbocycles. The monoisotopic (exact) mass is 431 g/mol. The topological polar surface area (TPSA) is 131 Å². The van der Waals surface area contributed by atoms with Crippen LogP contribution in [0.5, 0.6) is 17.2 Å². The summed E-state index contributed by atoms with van der Waals surface area (Å²) in [6, 6.07) is 12.1. The number of aliphatic hydroxyl groups excluding tert-OH is 1. The number of H-pyrrole nitrogens is 1. The number of carbonyl (C=O) groups excluding carboxylic acids is 1. The second-order valence-electron chi connectivity index (χ2n) is 6.56. The van der Waals surface area contributed by atoms with Gasteiger partial charge in [-0.1, -0.05) is 0 Å². The Morgan fingerprint density at radius 1 is 1.13 bits per heavy atom. The first-order valence-electron chi connectivity index (χ1n) is 8.96. The second kappa shape index (κ2) is 8.97. The summed E-state index contributed by atoms with van der Waals surface area (Å²) in [7, 11) is -3.32. The number of carbonyl (C=O) groups is 1. The van der Waals surface area contributed by atoms with Gasteiger partial charge in [-0.15, -0.1) is 0 Å². The molecule has 1 heterocycles. The van der Waals surface area contributed by atoms with Crippen molar-refractivity contribution in [1.82, 2.24) is 10.2 Å². The second-order valence-corrected chi connectivity index (χ2v) is 8.58. The maximum absolute atomic E-state index is 12.6. The number of amides is 1. The first-order valence-corrected chi connectivity index (χ1v) is 10.9. The van der Waals surface area contributed by atoms with Crippen LogP contribution in [0, 0.1) is 0 Å². The van der Waals surface area contributed by atoms with E-state index in [4.69, 9.17) is 9.47 Å². The van der Waals surface area contributed by atoms with Crippen molar-refractivity contribution in [1.29, 1.82) is 0 Å². The van der Waals surface area contributed by atoms with Gasteiger partial charge in [0.25, 0.3) is 5.91 Å². The molecule has 1 atom stereocenters. The van der Waals surface area contributed by atoms with Crippen LogP contribution >= 0.6 is 0 Å². The van der Waals surface area contributed by atoms with Gasteiger partial charge in [0.1, 0.15) is 23.4 Å². The van der Waals surface area contributed by atoms with Crippen molar-refractivity contribution in [2.75, 3.05) is 18.2 Å².